The summed E-state index contributed by atoms with van der Waals surface area (Å²) in [7, 11) is -1.97. The molecule has 8 nitrogen and oxygen atoms in total. The van der Waals surface area contributed by atoms with Crippen molar-refractivity contribution in [3.63, 3.8) is 0 Å². The van der Waals surface area contributed by atoms with E-state index in [1.807, 2.05) is 24.3 Å². The molecule has 1 amide bonds. The monoisotopic (exact) mass is 453 g/mol. The summed E-state index contributed by atoms with van der Waals surface area (Å²) in [6.45, 7) is 2.24. The first-order chi connectivity index (χ1) is 15.5. The first-order valence-electron chi connectivity index (χ1n) is 10.4. The number of nitrogens with zero attached hydrogens (tertiary/aromatic N) is 3. The van der Waals surface area contributed by atoms with Gasteiger partial charge in [-0.15, -0.1) is 0 Å². The van der Waals surface area contributed by atoms with Crippen LogP contribution >= 0.6 is 0 Å². The Balaban J connectivity index is 1.64. The number of morpholine rings is 1. The molecule has 0 radical (unpaired) electrons. The third-order valence-corrected chi connectivity index (χ3v) is 7.55. The smallest absolute Gasteiger partial charge is 0.274 e. The molecule has 0 atom stereocenters. The Morgan fingerprint density at radius 3 is 2.53 bits per heavy atom. The second-order valence-electron chi connectivity index (χ2n) is 7.84. The number of hydrogen-bond acceptors (Lipinski definition) is 6. The van der Waals surface area contributed by atoms with E-state index in [2.05, 4.69) is 5.10 Å². The molecule has 1 fully saturated rings. The molecule has 0 bridgehead atoms. The van der Waals surface area contributed by atoms with E-state index in [0.717, 1.165) is 11.3 Å². The number of benzene rings is 2. The molecular weight excluding hydrogens is 430 g/mol. The summed E-state index contributed by atoms with van der Waals surface area (Å²) in [5.74, 6) is 0.247. The molecule has 1 saturated heterocycles. The maximum atomic E-state index is 13.3. The molecule has 0 saturated carbocycles. The molecule has 0 unspecified atom stereocenters. The van der Waals surface area contributed by atoms with Gasteiger partial charge in [0.15, 0.2) is 15.5 Å². The number of carbonyl (C=O) groups is 1. The van der Waals surface area contributed by atoms with E-state index < -0.39 is 9.84 Å². The number of amides is 1. The lowest BCUT2D eigenvalue weighted by Gasteiger charge is -2.26. The van der Waals surface area contributed by atoms with E-state index in [-0.39, 0.29) is 22.2 Å². The minimum atomic E-state index is -3.58. The van der Waals surface area contributed by atoms with Gasteiger partial charge < -0.3 is 14.4 Å². The van der Waals surface area contributed by atoms with Crippen LogP contribution < -0.4 is 4.74 Å². The maximum absolute atomic E-state index is 13.3. The topological polar surface area (TPSA) is 90.7 Å². The van der Waals surface area contributed by atoms with E-state index in [0.29, 0.717) is 49.7 Å². The quantitative estimate of drug-likeness (QED) is 0.602. The van der Waals surface area contributed by atoms with Gasteiger partial charge in [0.05, 0.1) is 43.2 Å². The van der Waals surface area contributed by atoms with Crippen molar-refractivity contribution >= 4 is 15.7 Å². The van der Waals surface area contributed by atoms with Crippen molar-refractivity contribution in [1.82, 2.24) is 14.7 Å². The molecule has 9 heteroatoms. The molecule has 2 aliphatic heterocycles. The fraction of sp³-hybridized carbons (Fsp3) is 0.304. The minimum Gasteiger partial charge on any atom is -0.497 e. The van der Waals surface area contributed by atoms with Crippen LogP contribution in [0, 0.1) is 0 Å². The van der Waals surface area contributed by atoms with Crippen LogP contribution in [0.2, 0.25) is 0 Å². The molecule has 3 heterocycles. The number of aromatic nitrogens is 2. The predicted molar refractivity (Wildman–Crippen MR) is 117 cm³/mol. The normalized spacial score (nSPS) is 16.8. The molecule has 3 aromatic rings. The zero-order chi connectivity index (χ0) is 22.3. The third kappa shape index (κ3) is 3.57. The summed E-state index contributed by atoms with van der Waals surface area (Å²) in [6.07, 6.45) is 0. The number of ether oxygens (including phenoxy) is 2. The molecule has 5 rings (SSSR count). The molecule has 2 aliphatic rings. The number of methoxy groups -OCH3 is 1. The van der Waals surface area contributed by atoms with Crippen LogP contribution in [0.4, 0.5) is 0 Å². The zero-order valence-corrected chi connectivity index (χ0v) is 18.5. The first-order valence-corrected chi connectivity index (χ1v) is 12.0. The highest BCUT2D eigenvalue weighted by molar-refractivity contribution is 7.90. The van der Waals surface area contributed by atoms with Gasteiger partial charge in [0, 0.05) is 24.2 Å². The van der Waals surface area contributed by atoms with Crippen molar-refractivity contribution in [3.8, 4) is 17.0 Å². The summed E-state index contributed by atoms with van der Waals surface area (Å²) in [5.41, 5.74) is 2.90. The largest absolute Gasteiger partial charge is 0.497 e. The third-order valence-electron chi connectivity index (χ3n) is 5.85. The second kappa shape index (κ2) is 8.07. The van der Waals surface area contributed by atoms with Gasteiger partial charge in [-0.2, -0.15) is 5.10 Å². The molecule has 2 aromatic carbocycles. The van der Waals surface area contributed by atoms with Crippen LogP contribution in [-0.4, -0.2) is 62.4 Å². The minimum absolute atomic E-state index is 0.202. The van der Waals surface area contributed by atoms with Crippen molar-refractivity contribution in [2.45, 2.75) is 17.2 Å². The van der Waals surface area contributed by atoms with Crippen molar-refractivity contribution in [2.24, 2.45) is 0 Å². The van der Waals surface area contributed by atoms with E-state index >= 15 is 0 Å². The fourth-order valence-corrected chi connectivity index (χ4v) is 5.84. The van der Waals surface area contributed by atoms with Crippen LogP contribution in [0.15, 0.2) is 53.4 Å². The van der Waals surface area contributed by atoms with Gasteiger partial charge in [0.1, 0.15) is 5.75 Å². The summed E-state index contributed by atoms with van der Waals surface area (Å²) in [5, 5.41) is 4.66. The van der Waals surface area contributed by atoms with Gasteiger partial charge in [-0.3, -0.25) is 9.48 Å². The average molecular weight is 454 g/mol. The van der Waals surface area contributed by atoms with E-state index in [4.69, 9.17) is 9.47 Å². The molecule has 0 spiro atoms. The summed E-state index contributed by atoms with van der Waals surface area (Å²) < 4.78 is 38.4. The average Bonchev–Trinajstić information content (AvgIpc) is 3.17. The Bertz CT molecular complexity index is 1280. The lowest BCUT2D eigenvalue weighted by molar-refractivity contribution is 0.0298. The summed E-state index contributed by atoms with van der Waals surface area (Å²) >= 11 is 0. The molecule has 1 aromatic heterocycles. The van der Waals surface area contributed by atoms with Crippen LogP contribution in [0.3, 0.4) is 0 Å². The number of sulfone groups is 1. The van der Waals surface area contributed by atoms with Crippen LogP contribution in [0.25, 0.3) is 11.3 Å². The fourth-order valence-electron chi connectivity index (χ4n) is 4.24. The van der Waals surface area contributed by atoms with Gasteiger partial charge in [-0.05, 0) is 23.8 Å². The zero-order valence-electron chi connectivity index (χ0n) is 17.7. The van der Waals surface area contributed by atoms with Gasteiger partial charge in [0.25, 0.3) is 5.91 Å². The highest BCUT2D eigenvalue weighted by atomic mass is 32.2. The summed E-state index contributed by atoms with van der Waals surface area (Å²) in [6, 6.07) is 14.5. The molecular formula is C23H23N3O5S. The Kier molecular flexibility index (Phi) is 5.22. The van der Waals surface area contributed by atoms with Crippen LogP contribution in [0.5, 0.6) is 5.75 Å². The summed E-state index contributed by atoms with van der Waals surface area (Å²) in [4.78, 5) is 15.3. The van der Waals surface area contributed by atoms with Gasteiger partial charge >= 0.3 is 0 Å². The Morgan fingerprint density at radius 2 is 1.81 bits per heavy atom. The van der Waals surface area contributed by atoms with Crippen molar-refractivity contribution in [1.29, 1.82) is 0 Å². The Hall–Kier alpha value is -3.17. The Morgan fingerprint density at radius 1 is 1.09 bits per heavy atom. The molecule has 32 heavy (non-hydrogen) atoms. The van der Waals surface area contributed by atoms with E-state index in [9.17, 15) is 13.2 Å². The molecule has 0 N–H and O–H groups in total. The highest BCUT2D eigenvalue weighted by Gasteiger charge is 2.36. The second-order valence-corrected chi connectivity index (χ2v) is 9.80. The lowest BCUT2D eigenvalue weighted by atomic mass is 10.0. The van der Waals surface area contributed by atoms with Crippen molar-refractivity contribution < 1.29 is 22.7 Å². The number of rotatable bonds is 4. The number of carbonyl (C=O) groups excluding carboxylic acids is 1. The van der Waals surface area contributed by atoms with E-state index in [1.165, 1.54) is 0 Å². The SMILES string of the molecule is COc1ccc(Cn2nc(C(=O)N3CCOCC3)c3c2-c2ccccc2S(=O)(=O)C3)cc1. The van der Waals surface area contributed by atoms with Crippen LogP contribution in [-0.2, 0) is 26.9 Å². The van der Waals surface area contributed by atoms with Crippen molar-refractivity contribution in [3.05, 3.63) is 65.4 Å². The van der Waals surface area contributed by atoms with Gasteiger partial charge in [-0.25, -0.2) is 8.42 Å². The Labute approximate surface area is 186 Å². The lowest BCUT2D eigenvalue weighted by Crippen LogP contribution is -2.41. The number of hydrogen-bond donors (Lipinski definition) is 0. The standard InChI is InChI=1S/C23H23N3O5S/c1-30-17-8-6-16(7-9-17)14-26-22-18-4-2-3-5-20(18)32(28,29)15-19(22)21(24-26)23(27)25-10-12-31-13-11-25/h2-9H,10-15H2,1H3. The van der Waals surface area contributed by atoms with Crippen molar-refractivity contribution in [2.75, 3.05) is 33.4 Å². The first kappa shape index (κ1) is 20.7. The number of fused-ring (bicyclic) bond motifs is 3. The van der Waals surface area contributed by atoms with Crippen LogP contribution in [0.1, 0.15) is 21.6 Å². The van der Waals surface area contributed by atoms with E-state index in [1.54, 1.807) is 41.0 Å². The van der Waals surface area contributed by atoms with Gasteiger partial charge in [0.2, 0.25) is 0 Å². The predicted octanol–water partition coefficient (Wildman–Crippen LogP) is 2.37. The molecule has 0 aliphatic carbocycles. The maximum Gasteiger partial charge on any atom is 0.274 e. The molecule has 166 valence electrons. The van der Waals surface area contributed by atoms with Gasteiger partial charge in [-0.1, -0.05) is 30.3 Å². The highest BCUT2D eigenvalue weighted by Crippen LogP contribution is 2.40.